The van der Waals surface area contributed by atoms with Crippen LogP contribution in [0, 0.1) is 22.7 Å². The van der Waals surface area contributed by atoms with Crippen molar-refractivity contribution in [3.8, 4) is 12.1 Å². The number of aromatic nitrogens is 6. The molecule has 0 unspecified atom stereocenters. The van der Waals surface area contributed by atoms with Gasteiger partial charge in [0.15, 0.2) is 0 Å². The molecule has 8 rings (SSSR count). The molecule has 6 aromatic carbocycles. The minimum atomic E-state index is -5.48. The van der Waals surface area contributed by atoms with E-state index in [0.717, 1.165) is 36.4 Å². The van der Waals surface area contributed by atoms with Crippen molar-refractivity contribution in [3.63, 3.8) is 0 Å². The molecule has 0 fully saturated rings. The third kappa shape index (κ3) is 25.1. The van der Waals surface area contributed by atoms with Gasteiger partial charge in [-0.25, -0.2) is 50.5 Å². The summed E-state index contributed by atoms with van der Waals surface area (Å²) in [6.07, 6.45) is 1.68. The van der Waals surface area contributed by atoms with Gasteiger partial charge in [0.05, 0.1) is 65.7 Å². The standard InChI is InChI=1S/C52H46N14O18S6.6Na/c53-23-7-25-65(31-33-9-3-1-4-10-33)51-61-47(59-49(63-51)57-41-29-39(85(67,68)69)19-21-43(41)87(73,74)75)55-37-17-15-35(45(27-37)89(79,80)81)13-14-36-16-18-38(28-46(36)90(82,83)84)56-48-60-50(58-42-30-40(86(70,71)72)20-22-44(42)88(76,77)78)64-52(62-48)66(26-8-24-54)32-34-11-5-2-6-12-34;;;;;;/h1-6,9-22,27-30H,7-8,25-26,31-32H2,(H,67,68,69)(H,70,71,72)(H,73,74,75)(H,76,77,78)(H,79,80,81)(H,82,83,84)(H2,55,57,59,61,63)(H2,56,58,60,62,64);;;;;;/q;;5*+1/p-6. The molecule has 0 bridgehead atoms. The number of hydrogen-bond donors (Lipinski definition) is 4. The molecule has 32 nitrogen and oxygen atoms in total. The molecule has 4 N–H and O–H groups in total. The van der Waals surface area contributed by atoms with E-state index in [9.17, 15) is 88.3 Å². The molecule has 2 aromatic heterocycles. The fraction of sp³-hybridized carbons (Fsp3) is 0.115. The van der Waals surface area contributed by atoms with Crippen LogP contribution in [0.2, 0.25) is 0 Å². The van der Waals surface area contributed by atoms with Gasteiger partial charge in [0, 0.05) is 67.1 Å². The second-order valence-electron chi connectivity index (χ2n) is 18.6. The Labute approximate surface area is 684 Å². The molecule has 0 saturated carbocycles. The number of hydrogen-bond acceptors (Lipinski definition) is 32. The van der Waals surface area contributed by atoms with Crippen molar-refractivity contribution in [1.29, 1.82) is 10.5 Å². The summed E-state index contributed by atoms with van der Waals surface area (Å²) in [7, 11) is -32.3. The summed E-state index contributed by atoms with van der Waals surface area (Å²) in [4.78, 5) is 22.7. The SMILES string of the molecule is N#CCCN(Cc1ccccc1)c1nc(Nc2ccc(C=Cc3ccc(Nc4nc(Nc5cc(S(=O)(=O)[O-])ccc5S(=O)(=O)[O-])nc(N(CCC#N)Cc5ccccc5)n4)cc3S(=O)(=O)[O-])c(S(=O)(=O)[O-])c2)nc(Nc2cc(S(=O)(=O)[O-])ccc2S(=O)(=O)[O-])n1.[Na+].[Na+].[Na+].[Na+].[Na+].[Na]. The van der Waals surface area contributed by atoms with Crippen LogP contribution >= 0.6 is 0 Å². The predicted octanol–water partition coefficient (Wildman–Crippen LogP) is -10.9. The van der Waals surface area contributed by atoms with Crippen LogP contribution in [0.4, 0.5) is 58.4 Å². The molecule has 0 amide bonds. The van der Waals surface area contributed by atoms with E-state index in [1.807, 2.05) is 12.1 Å². The van der Waals surface area contributed by atoms with Crippen LogP contribution in [-0.2, 0) is 73.8 Å². The summed E-state index contributed by atoms with van der Waals surface area (Å²) in [6, 6.07) is 30.6. The van der Waals surface area contributed by atoms with E-state index in [4.69, 9.17) is 0 Å². The minimum Gasteiger partial charge on any atom is -0.744 e. The van der Waals surface area contributed by atoms with Crippen molar-refractivity contribution in [3.05, 3.63) is 156 Å². The first-order valence-corrected chi connectivity index (χ1v) is 33.6. The Morgan fingerprint density at radius 2 is 0.698 bits per heavy atom. The molecule has 96 heavy (non-hydrogen) atoms. The van der Waals surface area contributed by atoms with Gasteiger partial charge in [-0.3, -0.25) is 0 Å². The van der Waals surface area contributed by atoms with Gasteiger partial charge >= 0.3 is 148 Å². The zero-order chi connectivity index (χ0) is 65.4. The van der Waals surface area contributed by atoms with Crippen LogP contribution in [0.1, 0.15) is 35.1 Å². The zero-order valence-electron chi connectivity index (χ0n) is 51.4. The number of anilines is 10. The molecule has 0 saturated heterocycles. The van der Waals surface area contributed by atoms with Gasteiger partial charge in [0.2, 0.25) is 35.7 Å². The van der Waals surface area contributed by atoms with Gasteiger partial charge in [0.25, 0.3) is 0 Å². The molecule has 0 aliphatic heterocycles. The maximum Gasteiger partial charge on any atom is 1.00 e. The summed E-state index contributed by atoms with van der Waals surface area (Å²) in [5, 5.41) is 29.2. The number of rotatable bonds is 26. The average Bonchev–Trinajstić information content (AvgIpc) is 0.802. The van der Waals surface area contributed by atoms with Gasteiger partial charge < -0.3 is 58.4 Å². The summed E-state index contributed by atoms with van der Waals surface area (Å²) < 4.78 is 223. The van der Waals surface area contributed by atoms with Crippen molar-refractivity contribution in [2.24, 2.45) is 0 Å². The van der Waals surface area contributed by atoms with E-state index in [2.05, 4.69) is 51.2 Å². The predicted molar refractivity (Wildman–Crippen MR) is 316 cm³/mol. The van der Waals surface area contributed by atoms with E-state index in [1.54, 1.807) is 60.7 Å². The van der Waals surface area contributed by atoms with Crippen LogP contribution in [0.3, 0.4) is 0 Å². The monoisotopic (exact) mass is 1480 g/mol. The van der Waals surface area contributed by atoms with Crippen molar-refractivity contribution in [2.45, 2.75) is 55.3 Å². The molecule has 2 heterocycles. The third-order valence-electron chi connectivity index (χ3n) is 12.3. The third-order valence-corrected chi connectivity index (χ3v) is 17.5. The second kappa shape index (κ2) is 37.8. The normalized spacial score (nSPS) is 11.4. The average molecular weight is 1480 g/mol. The summed E-state index contributed by atoms with van der Waals surface area (Å²) in [6.45, 7) is -0.0862. The molecular formula is C52H40N14Na6O18S6-. The Kier molecular flexibility index (Phi) is 34.8. The molecule has 8 aromatic rings. The Hall–Kier alpha value is -3.68. The first kappa shape index (κ1) is 88.4. The van der Waals surface area contributed by atoms with Crippen LogP contribution in [-0.4, -0.2) is 150 Å². The Morgan fingerprint density at radius 3 is 0.990 bits per heavy atom. The zero-order valence-corrected chi connectivity index (χ0v) is 68.3. The first-order valence-electron chi connectivity index (χ1n) is 25.2. The second-order valence-corrected chi connectivity index (χ2v) is 26.7. The Bertz CT molecular complexity index is 4640. The fourth-order valence-corrected chi connectivity index (χ4v) is 11.9. The van der Waals surface area contributed by atoms with Gasteiger partial charge in [-0.1, -0.05) is 84.9 Å². The fourth-order valence-electron chi connectivity index (χ4n) is 8.28. The smallest absolute Gasteiger partial charge is 0.744 e. The van der Waals surface area contributed by atoms with E-state index in [1.165, 1.54) is 21.9 Å². The first-order chi connectivity index (χ1) is 42.2. The van der Waals surface area contributed by atoms with Crippen LogP contribution < -0.4 is 179 Å². The maximum absolute atomic E-state index is 12.9. The molecule has 0 spiro atoms. The maximum atomic E-state index is 12.9. The molecule has 0 aliphatic rings. The number of nitrogens with zero attached hydrogens (tertiary/aromatic N) is 10. The molecule has 44 heteroatoms. The van der Waals surface area contributed by atoms with E-state index < -0.39 is 136 Å². The Morgan fingerprint density at radius 1 is 0.385 bits per heavy atom. The van der Waals surface area contributed by atoms with Gasteiger partial charge in [-0.2, -0.15) is 40.4 Å². The van der Waals surface area contributed by atoms with Crippen LogP contribution in [0.5, 0.6) is 0 Å². The van der Waals surface area contributed by atoms with Crippen molar-refractivity contribution in [1.82, 2.24) is 29.9 Å². The largest absolute Gasteiger partial charge is 1.00 e. The molecule has 0 aliphatic carbocycles. The number of nitrogens with one attached hydrogen (secondary N) is 4. The van der Waals surface area contributed by atoms with Gasteiger partial charge in [-0.15, -0.1) is 0 Å². The molecule has 0 atom stereocenters. The number of nitriles is 2. The summed E-state index contributed by atoms with van der Waals surface area (Å²) in [5.41, 5.74) is -1.50. The van der Waals surface area contributed by atoms with Gasteiger partial charge in [0.1, 0.15) is 60.7 Å². The Balaban J connectivity index is 0.00000523. The van der Waals surface area contributed by atoms with Crippen LogP contribution in [0.15, 0.2) is 163 Å². The van der Waals surface area contributed by atoms with E-state index >= 15 is 0 Å². The summed E-state index contributed by atoms with van der Waals surface area (Å²) >= 11 is 0. The molecule has 469 valence electrons. The van der Waals surface area contributed by atoms with Crippen molar-refractivity contribution in [2.75, 3.05) is 44.2 Å². The summed E-state index contributed by atoms with van der Waals surface area (Å²) in [5.74, 6) is -2.74. The quantitative estimate of drug-likeness (QED) is 0.0222. The van der Waals surface area contributed by atoms with E-state index in [0.29, 0.717) is 47.5 Å². The van der Waals surface area contributed by atoms with Crippen molar-refractivity contribution < 1.29 is 226 Å². The van der Waals surface area contributed by atoms with Gasteiger partial charge in [-0.05, 0) is 82.9 Å². The van der Waals surface area contributed by atoms with Crippen molar-refractivity contribution >= 4 is 161 Å². The molecule has 1 radical (unpaired) electrons. The molecular weight excluding hydrogens is 1440 g/mol. The number of benzene rings is 6. The van der Waals surface area contributed by atoms with E-state index in [-0.39, 0.29) is 240 Å². The van der Waals surface area contributed by atoms with Crippen LogP contribution in [0.25, 0.3) is 12.2 Å². The topological polar surface area (TPSA) is 523 Å². The minimum absolute atomic E-state index is 0.